The van der Waals surface area contributed by atoms with Crippen molar-refractivity contribution in [3.8, 4) is 11.1 Å². The van der Waals surface area contributed by atoms with Gasteiger partial charge in [0.15, 0.2) is 5.76 Å². The summed E-state index contributed by atoms with van der Waals surface area (Å²) in [7, 11) is 0. The van der Waals surface area contributed by atoms with Crippen molar-refractivity contribution >= 4 is 17.5 Å². The first kappa shape index (κ1) is 19.2. The maximum atomic E-state index is 12.6. The van der Waals surface area contributed by atoms with Crippen molar-refractivity contribution in [1.29, 1.82) is 0 Å². The molecule has 150 valence electrons. The van der Waals surface area contributed by atoms with Crippen molar-refractivity contribution in [3.05, 3.63) is 96.7 Å². The summed E-state index contributed by atoms with van der Waals surface area (Å²) in [6.45, 7) is 0.436. The van der Waals surface area contributed by atoms with Crippen molar-refractivity contribution in [1.82, 2.24) is 15.1 Å². The van der Waals surface area contributed by atoms with Crippen molar-refractivity contribution in [3.63, 3.8) is 0 Å². The van der Waals surface area contributed by atoms with Crippen LogP contribution in [0.5, 0.6) is 0 Å². The first-order chi connectivity index (χ1) is 14.7. The Hall–Kier alpha value is -4.13. The number of rotatable bonds is 7. The van der Waals surface area contributed by atoms with E-state index in [-0.39, 0.29) is 24.1 Å². The lowest BCUT2D eigenvalue weighted by atomic mass is 10.1. The highest BCUT2D eigenvalue weighted by Crippen LogP contribution is 2.24. The zero-order valence-corrected chi connectivity index (χ0v) is 16.1. The molecule has 0 bridgehead atoms. The maximum Gasteiger partial charge on any atom is 0.287 e. The minimum atomic E-state index is -0.299. The van der Waals surface area contributed by atoms with E-state index < -0.39 is 0 Å². The van der Waals surface area contributed by atoms with Gasteiger partial charge in [-0.05, 0) is 35.4 Å². The third-order valence-corrected chi connectivity index (χ3v) is 4.48. The Bertz CT molecular complexity index is 1130. The van der Waals surface area contributed by atoms with Crippen molar-refractivity contribution in [2.45, 2.75) is 13.1 Å². The second kappa shape index (κ2) is 8.91. The monoisotopic (exact) mass is 400 g/mol. The van der Waals surface area contributed by atoms with Gasteiger partial charge in [0, 0.05) is 30.2 Å². The van der Waals surface area contributed by atoms with Crippen molar-refractivity contribution < 1.29 is 14.0 Å². The number of nitrogens with zero attached hydrogens (tertiary/aromatic N) is 2. The molecule has 0 aliphatic carbocycles. The van der Waals surface area contributed by atoms with Gasteiger partial charge >= 0.3 is 0 Å². The van der Waals surface area contributed by atoms with Crippen LogP contribution in [0.15, 0.2) is 89.8 Å². The van der Waals surface area contributed by atoms with Crippen LogP contribution in [0.1, 0.15) is 16.1 Å². The van der Waals surface area contributed by atoms with E-state index in [0.29, 0.717) is 12.2 Å². The lowest BCUT2D eigenvalue weighted by Crippen LogP contribution is -2.23. The predicted molar refractivity (Wildman–Crippen MR) is 113 cm³/mol. The van der Waals surface area contributed by atoms with E-state index in [4.69, 9.17) is 4.42 Å². The van der Waals surface area contributed by atoms with Gasteiger partial charge in [-0.15, -0.1) is 0 Å². The van der Waals surface area contributed by atoms with Gasteiger partial charge in [-0.25, -0.2) is 0 Å². The highest BCUT2D eigenvalue weighted by Gasteiger charge is 2.16. The molecule has 0 unspecified atom stereocenters. The van der Waals surface area contributed by atoms with Crippen LogP contribution < -0.4 is 10.6 Å². The van der Waals surface area contributed by atoms with Crippen LogP contribution in [-0.4, -0.2) is 21.6 Å². The quantitative estimate of drug-likeness (QED) is 0.495. The zero-order valence-electron chi connectivity index (χ0n) is 16.1. The van der Waals surface area contributed by atoms with Crippen molar-refractivity contribution in [2.75, 3.05) is 5.32 Å². The summed E-state index contributed by atoms with van der Waals surface area (Å²) < 4.78 is 6.97. The molecule has 2 aromatic carbocycles. The van der Waals surface area contributed by atoms with Gasteiger partial charge in [0.1, 0.15) is 6.54 Å². The number of nitrogens with one attached hydrogen (secondary N) is 2. The average molecular weight is 400 g/mol. The number of amides is 2. The number of benzene rings is 2. The molecule has 4 rings (SSSR count). The molecule has 0 radical (unpaired) electrons. The van der Waals surface area contributed by atoms with E-state index in [1.165, 1.54) is 6.26 Å². The van der Waals surface area contributed by atoms with Crippen LogP contribution in [0.4, 0.5) is 5.69 Å². The smallest absolute Gasteiger partial charge is 0.287 e. The Balaban J connectivity index is 1.38. The van der Waals surface area contributed by atoms with Crippen molar-refractivity contribution in [2.24, 2.45) is 0 Å². The van der Waals surface area contributed by atoms with E-state index in [0.717, 1.165) is 16.7 Å². The van der Waals surface area contributed by atoms with Crippen LogP contribution in [0, 0.1) is 0 Å². The van der Waals surface area contributed by atoms with E-state index in [1.807, 2.05) is 48.5 Å². The Morgan fingerprint density at radius 2 is 1.87 bits per heavy atom. The summed E-state index contributed by atoms with van der Waals surface area (Å²) in [6.07, 6.45) is 4.86. The Labute approximate surface area is 173 Å². The summed E-state index contributed by atoms with van der Waals surface area (Å²) >= 11 is 0. The highest BCUT2D eigenvalue weighted by atomic mass is 16.3. The Morgan fingerprint density at radius 3 is 2.67 bits per heavy atom. The molecular formula is C23H20N4O3. The molecule has 4 aromatic rings. The SMILES string of the molecule is O=C(Cn1cccn1)Nc1cccc(CNC(=O)c2occc2-c2ccccc2)c1. The fourth-order valence-electron chi connectivity index (χ4n) is 3.09. The minimum absolute atomic E-state index is 0.134. The number of aromatic nitrogens is 2. The van der Waals surface area contributed by atoms with Crippen LogP contribution in [0.3, 0.4) is 0 Å². The number of furan rings is 1. The van der Waals surface area contributed by atoms with E-state index in [9.17, 15) is 9.59 Å². The molecule has 0 fully saturated rings. The average Bonchev–Trinajstić information content (AvgIpc) is 3.45. The third-order valence-electron chi connectivity index (χ3n) is 4.48. The molecule has 30 heavy (non-hydrogen) atoms. The van der Waals surface area contributed by atoms with Gasteiger partial charge in [0.05, 0.1) is 6.26 Å². The second-order valence-electron chi connectivity index (χ2n) is 6.66. The molecule has 0 aliphatic heterocycles. The van der Waals surface area contributed by atoms with E-state index >= 15 is 0 Å². The maximum absolute atomic E-state index is 12.6. The van der Waals surface area contributed by atoms with Gasteiger partial charge in [-0.1, -0.05) is 42.5 Å². The molecule has 7 heteroatoms. The van der Waals surface area contributed by atoms with Gasteiger partial charge in [0.25, 0.3) is 5.91 Å². The van der Waals surface area contributed by atoms with Crippen LogP contribution in [0.2, 0.25) is 0 Å². The molecule has 0 saturated carbocycles. The summed E-state index contributed by atoms with van der Waals surface area (Å²) in [5.41, 5.74) is 3.17. The van der Waals surface area contributed by atoms with Gasteiger partial charge in [0.2, 0.25) is 5.91 Å². The number of hydrogen-bond donors (Lipinski definition) is 2. The van der Waals surface area contributed by atoms with Gasteiger partial charge < -0.3 is 15.1 Å². The molecule has 2 N–H and O–H groups in total. The van der Waals surface area contributed by atoms with Gasteiger partial charge in [-0.3, -0.25) is 14.3 Å². The molecule has 7 nitrogen and oxygen atoms in total. The highest BCUT2D eigenvalue weighted by molar-refractivity contribution is 5.98. The number of carbonyl (C=O) groups is 2. The molecule has 0 atom stereocenters. The van der Waals surface area contributed by atoms with E-state index in [2.05, 4.69) is 15.7 Å². The first-order valence-electron chi connectivity index (χ1n) is 9.46. The second-order valence-corrected chi connectivity index (χ2v) is 6.66. The van der Waals surface area contributed by atoms with Crippen LogP contribution >= 0.6 is 0 Å². The molecular weight excluding hydrogens is 380 g/mol. The number of carbonyl (C=O) groups excluding carboxylic acids is 2. The largest absolute Gasteiger partial charge is 0.459 e. The molecule has 0 spiro atoms. The lowest BCUT2D eigenvalue weighted by Gasteiger charge is -2.09. The molecule has 2 heterocycles. The summed E-state index contributed by atoms with van der Waals surface area (Å²) in [4.78, 5) is 24.8. The van der Waals surface area contributed by atoms with Gasteiger partial charge in [-0.2, -0.15) is 5.10 Å². The normalized spacial score (nSPS) is 10.5. The molecule has 0 aliphatic rings. The summed E-state index contributed by atoms with van der Waals surface area (Å²) in [5.74, 6) is -0.208. The number of anilines is 1. The van der Waals surface area contributed by atoms with Crippen LogP contribution in [0.25, 0.3) is 11.1 Å². The van der Waals surface area contributed by atoms with E-state index in [1.54, 1.807) is 35.3 Å². The number of hydrogen-bond acceptors (Lipinski definition) is 4. The fraction of sp³-hybridized carbons (Fsp3) is 0.0870. The third kappa shape index (κ3) is 4.64. The molecule has 0 saturated heterocycles. The zero-order chi connectivity index (χ0) is 20.8. The summed E-state index contributed by atoms with van der Waals surface area (Å²) in [6, 6.07) is 20.5. The lowest BCUT2D eigenvalue weighted by molar-refractivity contribution is -0.116. The Kier molecular flexibility index (Phi) is 5.70. The standard InChI is InChI=1S/C23H20N4O3/c28-21(16-27-12-5-11-25-27)26-19-9-4-6-17(14-19)15-24-23(29)22-20(10-13-30-22)18-7-2-1-3-8-18/h1-14H,15-16H2,(H,24,29)(H,26,28). The Morgan fingerprint density at radius 1 is 1.00 bits per heavy atom. The topological polar surface area (TPSA) is 89.2 Å². The molecule has 2 amide bonds. The first-order valence-corrected chi connectivity index (χ1v) is 9.46. The molecule has 2 aromatic heterocycles. The predicted octanol–water partition coefficient (Wildman–Crippen LogP) is 3.71. The minimum Gasteiger partial charge on any atom is -0.459 e. The summed E-state index contributed by atoms with van der Waals surface area (Å²) in [5, 5.41) is 9.72. The fourth-order valence-corrected chi connectivity index (χ4v) is 3.09. The van der Waals surface area contributed by atoms with Crippen LogP contribution in [-0.2, 0) is 17.9 Å².